The third-order valence-corrected chi connectivity index (χ3v) is 4.13. The topological polar surface area (TPSA) is 196 Å². The molecule has 2 heterocycles. The van der Waals surface area contributed by atoms with Gasteiger partial charge in [-0.1, -0.05) is 0 Å². The first-order chi connectivity index (χ1) is 11.7. The number of esters is 1. The Morgan fingerprint density at radius 1 is 0.920 bits per heavy atom. The molecule has 0 unspecified atom stereocenters. The van der Waals surface area contributed by atoms with Gasteiger partial charge in [0.15, 0.2) is 18.7 Å². The van der Waals surface area contributed by atoms with E-state index in [1.54, 1.807) is 0 Å². The molecule has 10 atom stereocenters. The minimum Gasteiger partial charge on any atom is -0.467 e. The second-order valence-corrected chi connectivity index (χ2v) is 5.75. The highest BCUT2D eigenvalue weighted by Gasteiger charge is 2.52. The van der Waals surface area contributed by atoms with Crippen molar-refractivity contribution in [2.75, 3.05) is 13.7 Å². The standard InChI is InChI=1S/C13H22O12/c1-22-12(21)10-6(17)5(16)7(18)13(25-10)24-9-4(15)3(2-14)23-11(20)8(9)19/h3-11,13-20H,2H2,1H3/t3-,4-,5+,6+,7-,8-,9+,10+,11+,13+/m1/s1. The van der Waals surface area contributed by atoms with Crippen molar-refractivity contribution in [3.63, 3.8) is 0 Å². The summed E-state index contributed by atoms with van der Waals surface area (Å²) in [7, 11) is 1.01. The summed E-state index contributed by atoms with van der Waals surface area (Å²) in [5.41, 5.74) is 0. The molecule has 2 rings (SSSR count). The Hall–Kier alpha value is -0.930. The minimum atomic E-state index is -1.85. The zero-order chi connectivity index (χ0) is 18.9. The van der Waals surface area contributed by atoms with Gasteiger partial charge in [-0.25, -0.2) is 4.79 Å². The Balaban J connectivity index is 2.17. The van der Waals surface area contributed by atoms with Crippen molar-refractivity contribution in [2.24, 2.45) is 0 Å². The maximum Gasteiger partial charge on any atom is 0.337 e. The van der Waals surface area contributed by atoms with Crippen LogP contribution in [0.4, 0.5) is 0 Å². The second-order valence-electron chi connectivity index (χ2n) is 5.75. The van der Waals surface area contributed by atoms with Crippen molar-refractivity contribution in [2.45, 2.75) is 61.4 Å². The Morgan fingerprint density at radius 2 is 1.56 bits per heavy atom. The summed E-state index contributed by atoms with van der Waals surface area (Å²) in [6, 6.07) is 0. The van der Waals surface area contributed by atoms with E-state index in [1.165, 1.54) is 0 Å². The van der Waals surface area contributed by atoms with Gasteiger partial charge in [-0.2, -0.15) is 0 Å². The molecule has 0 aromatic rings. The van der Waals surface area contributed by atoms with Crippen molar-refractivity contribution in [3.05, 3.63) is 0 Å². The Kier molecular flexibility index (Phi) is 6.67. The molecule has 2 aliphatic heterocycles. The van der Waals surface area contributed by atoms with Crippen LogP contribution in [0.25, 0.3) is 0 Å². The van der Waals surface area contributed by atoms with Crippen molar-refractivity contribution in [3.8, 4) is 0 Å². The average Bonchev–Trinajstić information content (AvgIpc) is 2.60. The van der Waals surface area contributed by atoms with Gasteiger partial charge in [0.2, 0.25) is 0 Å². The Bertz CT molecular complexity index is 460. The summed E-state index contributed by atoms with van der Waals surface area (Å²) in [6.07, 6.45) is -17.1. The molecular formula is C13H22O12. The predicted octanol–water partition coefficient (Wildman–Crippen LogP) is -5.22. The van der Waals surface area contributed by atoms with Crippen LogP contribution in [0.2, 0.25) is 0 Å². The van der Waals surface area contributed by atoms with E-state index >= 15 is 0 Å². The van der Waals surface area contributed by atoms with Gasteiger partial charge in [0.05, 0.1) is 13.7 Å². The molecule has 2 saturated heterocycles. The van der Waals surface area contributed by atoms with Gasteiger partial charge in [0, 0.05) is 0 Å². The largest absolute Gasteiger partial charge is 0.467 e. The van der Waals surface area contributed by atoms with E-state index in [0.717, 1.165) is 7.11 Å². The molecule has 0 bridgehead atoms. The number of hydrogen-bond acceptors (Lipinski definition) is 12. The average molecular weight is 370 g/mol. The van der Waals surface area contributed by atoms with E-state index in [-0.39, 0.29) is 0 Å². The molecule has 2 fully saturated rings. The highest BCUT2D eigenvalue weighted by molar-refractivity contribution is 5.75. The Morgan fingerprint density at radius 3 is 2.12 bits per heavy atom. The quantitative estimate of drug-likeness (QED) is 0.233. The molecule has 0 radical (unpaired) electrons. The first kappa shape index (κ1) is 20.4. The number of hydrogen-bond donors (Lipinski definition) is 7. The summed E-state index contributed by atoms with van der Waals surface area (Å²) >= 11 is 0. The predicted molar refractivity (Wildman–Crippen MR) is 73.5 cm³/mol. The summed E-state index contributed by atoms with van der Waals surface area (Å²) in [5.74, 6) is -1.05. The Labute approximate surface area is 141 Å². The lowest BCUT2D eigenvalue weighted by atomic mass is 9.97. The van der Waals surface area contributed by atoms with E-state index in [0.29, 0.717) is 0 Å². The SMILES string of the molecule is COC(=O)[C@H]1O[C@H](O[C@@H]2[C@@H](O)[C@@H](O)O[C@H](CO)[C@H]2O)[C@H](O)[C@@H](O)[C@@H]1O. The molecule has 12 nitrogen and oxygen atoms in total. The molecule has 25 heavy (non-hydrogen) atoms. The first-order valence-electron chi connectivity index (χ1n) is 7.46. The van der Waals surface area contributed by atoms with Crippen LogP contribution < -0.4 is 0 Å². The molecule has 146 valence electrons. The molecule has 7 N–H and O–H groups in total. The van der Waals surface area contributed by atoms with E-state index in [2.05, 4.69) is 4.74 Å². The molecule has 0 amide bonds. The van der Waals surface area contributed by atoms with Gasteiger partial charge in [-0.15, -0.1) is 0 Å². The van der Waals surface area contributed by atoms with Crippen molar-refractivity contribution >= 4 is 5.97 Å². The fourth-order valence-corrected chi connectivity index (χ4v) is 2.65. The van der Waals surface area contributed by atoms with Gasteiger partial charge in [0.1, 0.15) is 42.7 Å². The molecule has 0 saturated carbocycles. The van der Waals surface area contributed by atoms with Crippen LogP contribution >= 0.6 is 0 Å². The van der Waals surface area contributed by atoms with Crippen molar-refractivity contribution in [1.82, 2.24) is 0 Å². The number of aliphatic hydroxyl groups excluding tert-OH is 7. The zero-order valence-corrected chi connectivity index (χ0v) is 13.2. The summed E-state index contributed by atoms with van der Waals surface area (Å²) in [4.78, 5) is 11.6. The fraction of sp³-hybridized carbons (Fsp3) is 0.923. The monoisotopic (exact) mass is 370 g/mol. The number of carbonyl (C=O) groups is 1. The molecule has 0 aromatic carbocycles. The summed E-state index contributed by atoms with van der Waals surface area (Å²) in [5, 5.41) is 68.2. The summed E-state index contributed by atoms with van der Waals surface area (Å²) in [6.45, 7) is -0.703. The normalized spacial score (nSPS) is 48.2. The molecule has 0 aromatic heterocycles. The van der Waals surface area contributed by atoms with Crippen LogP contribution in [0.5, 0.6) is 0 Å². The molecule has 0 aliphatic carbocycles. The smallest absolute Gasteiger partial charge is 0.337 e. The maximum atomic E-state index is 11.6. The number of carbonyl (C=O) groups excluding carboxylic acids is 1. The van der Waals surface area contributed by atoms with E-state index in [4.69, 9.17) is 19.3 Å². The van der Waals surface area contributed by atoms with Gasteiger partial charge in [-0.3, -0.25) is 0 Å². The van der Waals surface area contributed by atoms with Crippen molar-refractivity contribution in [1.29, 1.82) is 0 Å². The van der Waals surface area contributed by atoms with E-state index in [1.807, 2.05) is 0 Å². The van der Waals surface area contributed by atoms with Crippen LogP contribution in [0.1, 0.15) is 0 Å². The minimum absolute atomic E-state index is 0.703. The highest BCUT2D eigenvalue weighted by atomic mass is 16.7. The maximum absolute atomic E-state index is 11.6. The number of ether oxygens (including phenoxy) is 4. The lowest BCUT2D eigenvalue weighted by Crippen LogP contribution is -2.65. The fourth-order valence-electron chi connectivity index (χ4n) is 2.65. The second kappa shape index (κ2) is 8.18. The van der Waals surface area contributed by atoms with Crippen LogP contribution in [0.15, 0.2) is 0 Å². The highest BCUT2D eigenvalue weighted by Crippen LogP contribution is 2.28. The molecular weight excluding hydrogens is 348 g/mol. The first-order valence-corrected chi connectivity index (χ1v) is 7.46. The lowest BCUT2D eigenvalue weighted by molar-refractivity contribution is -0.351. The van der Waals surface area contributed by atoms with Crippen LogP contribution in [0, 0.1) is 0 Å². The third-order valence-electron chi connectivity index (χ3n) is 4.13. The zero-order valence-electron chi connectivity index (χ0n) is 13.2. The number of rotatable bonds is 4. The van der Waals surface area contributed by atoms with Crippen LogP contribution in [-0.4, -0.2) is 117 Å². The molecule has 2 aliphatic rings. The molecule has 0 spiro atoms. The molecule has 12 heteroatoms. The lowest BCUT2D eigenvalue weighted by Gasteiger charge is -2.44. The van der Waals surface area contributed by atoms with E-state index in [9.17, 15) is 35.4 Å². The third kappa shape index (κ3) is 3.93. The van der Waals surface area contributed by atoms with Gasteiger partial charge < -0.3 is 54.7 Å². The van der Waals surface area contributed by atoms with Crippen LogP contribution in [-0.2, 0) is 23.7 Å². The van der Waals surface area contributed by atoms with Crippen LogP contribution in [0.3, 0.4) is 0 Å². The number of aliphatic hydroxyl groups is 7. The van der Waals surface area contributed by atoms with Gasteiger partial charge in [0.25, 0.3) is 0 Å². The van der Waals surface area contributed by atoms with Gasteiger partial charge in [-0.05, 0) is 0 Å². The van der Waals surface area contributed by atoms with Gasteiger partial charge >= 0.3 is 5.97 Å². The van der Waals surface area contributed by atoms with Crippen molar-refractivity contribution < 1.29 is 59.5 Å². The summed E-state index contributed by atoms with van der Waals surface area (Å²) < 4.78 is 19.5. The van der Waals surface area contributed by atoms with E-state index < -0.39 is 74.0 Å². The number of methoxy groups -OCH3 is 1.